The summed E-state index contributed by atoms with van der Waals surface area (Å²) < 4.78 is 0. The van der Waals surface area contributed by atoms with Crippen molar-refractivity contribution in [3.8, 4) is 5.75 Å². The van der Waals surface area contributed by atoms with E-state index in [4.69, 9.17) is 0 Å². The molecule has 0 bridgehead atoms. The van der Waals surface area contributed by atoms with E-state index in [9.17, 15) is 9.90 Å². The summed E-state index contributed by atoms with van der Waals surface area (Å²) in [6, 6.07) is 13.4. The summed E-state index contributed by atoms with van der Waals surface area (Å²) in [5.41, 5.74) is 3.59. The SMILES string of the molecule is CC(C)c1ccc(C(=O)NCc2ccc(CN(C)C)cc2)c(O)c1. The van der Waals surface area contributed by atoms with Crippen LogP contribution in [0.5, 0.6) is 5.75 Å². The molecule has 0 unspecified atom stereocenters. The van der Waals surface area contributed by atoms with Gasteiger partial charge in [-0.25, -0.2) is 0 Å². The summed E-state index contributed by atoms with van der Waals surface area (Å²) in [7, 11) is 4.07. The Hall–Kier alpha value is -2.33. The van der Waals surface area contributed by atoms with Crippen molar-refractivity contribution in [3.05, 3.63) is 64.7 Å². The molecular formula is C20H26N2O2. The van der Waals surface area contributed by atoms with Crippen LogP contribution in [0, 0.1) is 0 Å². The second-order valence-electron chi connectivity index (χ2n) is 6.67. The number of amides is 1. The van der Waals surface area contributed by atoms with Gasteiger partial charge < -0.3 is 15.3 Å². The lowest BCUT2D eigenvalue weighted by atomic mass is 10.0. The summed E-state index contributed by atoms with van der Waals surface area (Å²) in [4.78, 5) is 14.4. The molecule has 0 aliphatic carbocycles. The van der Waals surface area contributed by atoms with Crippen molar-refractivity contribution in [1.82, 2.24) is 10.2 Å². The average molecular weight is 326 g/mol. The number of nitrogens with one attached hydrogen (secondary N) is 1. The third kappa shape index (κ3) is 4.83. The van der Waals surface area contributed by atoms with Crippen molar-refractivity contribution in [1.29, 1.82) is 0 Å². The van der Waals surface area contributed by atoms with Crippen molar-refractivity contribution >= 4 is 5.91 Å². The number of rotatable bonds is 6. The highest BCUT2D eigenvalue weighted by Gasteiger charge is 2.12. The van der Waals surface area contributed by atoms with Gasteiger partial charge in [0.2, 0.25) is 0 Å². The normalized spacial score (nSPS) is 11.1. The Bertz CT molecular complexity index is 691. The van der Waals surface area contributed by atoms with Crippen molar-refractivity contribution in [3.63, 3.8) is 0 Å². The van der Waals surface area contributed by atoms with E-state index >= 15 is 0 Å². The van der Waals surface area contributed by atoms with Crippen LogP contribution in [0.25, 0.3) is 0 Å². The smallest absolute Gasteiger partial charge is 0.255 e. The molecule has 0 aliphatic rings. The fraction of sp³-hybridized carbons (Fsp3) is 0.350. The van der Waals surface area contributed by atoms with E-state index in [2.05, 4.69) is 36.2 Å². The molecule has 0 heterocycles. The Morgan fingerprint density at radius 3 is 2.25 bits per heavy atom. The van der Waals surface area contributed by atoms with E-state index in [-0.39, 0.29) is 11.7 Å². The Kier molecular flexibility index (Phi) is 5.99. The topological polar surface area (TPSA) is 52.6 Å². The predicted octanol–water partition coefficient (Wildman–Crippen LogP) is 3.51. The van der Waals surface area contributed by atoms with Gasteiger partial charge in [0.05, 0.1) is 5.56 Å². The quantitative estimate of drug-likeness (QED) is 0.854. The fourth-order valence-corrected chi connectivity index (χ4v) is 2.51. The zero-order valence-electron chi connectivity index (χ0n) is 14.8. The van der Waals surface area contributed by atoms with Gasteiger partial charge in [0.1, 0.15) is 5.75 Å². The van der Waals surface area contributed by atoms with Crippen LogP contribution in [0.1, 0.15) is 46.8 Å². The summed E-state index contributed by atoms with van der Waals surface area (Å²) in [6.07, 6.45) is 0. The van der Waals surface area contributed by atoms with E-state index < -0.39 is 0 Å². The lowest BCUT2D eigenvalue weighted by molar-refractivity contribution is 0.0948. The van der Waals surface area contributed by atoms with E-state index in [0.29, 0.717) is 18.0 Å². The lowest BCUT2D eigenvalue weighted by Gasteiger charge is -2.12. The maximum absolute atomic E-state index is 12.3. The van der Waals surface area contributed by atoms with Gasteiger partial charge in [0.25, 0.3) is 5.91 Å². The molecule has 0 radical (unpaired) electrons. The standard InChI is InChI=1S/C20H26N2O2/c1-14(2)17-9-10-18(19(23)11-17)20(24)21-12-15-5-7-16(8-6-15)13-22(3)4/h5-11,14,23H,12-13H2,1-4H3,(H,21,24). The average Bonchev–Trinajstić information content (AvgIpc) is 2.53. The molecular weight excluding hydrogens is 300 g/mol. The lowest BCUT2D eigenvalue weighted by Crippen LogP contribution is -2.23. The third-order valence-corrected chi connectivity index (χ3v) is 3.91. The number of aromatic hydroxyl groups is 1. The fourth-order valence-electron chi connectivity index (χ4n) is 2.51. The number of hydrogen-bond acceptors (Lipinski definition) is 3. The summed E-state index contributed by atoms with van der Waals surface area (Å²) in [5.74, 6) is 0.0777. The predicted molar refractivity (Wildman–Crippen MR) is 97.2 cm³/mol. The first-order chi connectivity index (χ1) is 11.4. The highest BCUT2D eigenvalue weighted by molar-refractivity contribution is 5.96. The number of hydrogen-bond donors (Lipinski definition) is 2. The largest absolute Gasteiger partial charge is 0.507 e. The third-order valence-electron chi connectivity index (χ3n) is 3.91. The Morgan fingerprint density at radius 1 is 1.08 bits per heavy atom. The molecule has 0 saturated carbocycles. The molecule has 0 aromatic heterocycles. The summed E-state index contributed by atoms with van der Waals surface area (Å²) in [5, 5.41) is 12.9. The monoisotopic (exact) mass is 326 g/mol. The van der Waals surface area contributed by atoms with Crippen molar-refractivity contribution in [2.45, 2.75) is 32.9 Å². The van der Waals surface area contributed by atoms with Gasteiger partial charge >= 0.3 is 0 Å². The molecule has 2 aromatic carbocycles. The van der Waals surface area contributed by atoms with Crippen LogP contribution in [-0.4, -0.2) is 30.0 Å². The van der Waals surface area contributed by atoms with Crippen molar-refractivity contribution in [2.24, 2.45) is 0 Å². The van der Waals surface area contributed by atoms with Crippen LogP contribution in [0.4, 0.5) is 0 Å². The maximum Gasteiger partial charge on any atom is 0.255 e. The minimum Gasteiger partial charge on any atom is -0.507 e. The van der Waals surface area contributed by atoms with Gasteiger partial charge in [-0.05, 0) is 48.8 Å². The zero-order valence-corrected chi connectivity index (χ0v) is 14.8. The Labute approximate surface area is 144 Å². The molecule has 0 atom stereocenters. The van der Waals surface area contributed by atoms with E-state index in [1.165, 1.54) is 5.56 Å². The molecule has 2 N–H and O–H groups in total. The van der Waals surface area contributed by atoms with Gasteiger partial charge in [-0.15, -0.1) is 0 Å². The van der Waals surface area contributed by atoms with Crippen LogP contribution < -0.4 is 5.32 Å². The highest BCUT2D eigenvalue weighted by atomic mass is 16.3. The van der Waals surface area contributed by atoms with Crippen molar-refractivity contribution < 1.29 is 9.90 Å². The number of carbonyl (C=O) groups is 1. The first kappa shape index (κ1) is 18.0. The number of benzene rings is 2. The number of carbonyl (C=O) groups excluding carboxylic acids is 1. The van der Waals surface area contributed by atoms with Gasteiger partial charge in [-0.3, -0.25) is 4.79 Å². The second kappa shape index (κ2) is 7.97. The molecule has 2 aromatic rings. The van der Waals surface area contributed by atoms with Gasteiger partial charge in [0.15, 0.2) is 0 Å². The maximum atomic E-state index is 12.3. The number of phenolic OH excluding ortho intramolecular Hbond substituents is 1. The molecule has 4 nitrogen and oxygen atoms in total. The molecule has 1 amide bonds. The van der Waals surface area contributed by atoms with Crippen LogP contribution >= 0.6 is 0 Å². The van der Waals surface area contributed by atoms with Crippen LogP contribution in [-0.2, 0) is 13.1 Å². The van der Waals surface area contributed by atoms with Gasteiger partial charge in [-0.2, -0.15) is 0 Å². The van der Waals surface area contributed by atoms with Crippen LogP contribution in [0.3, 0.4) is 0 Å². The number of phenols is 1. The molecule has 0 fully saturated rings. The molecule has 0 aliphatic heterocycles. The first-order valence-corrected chi connectivity index (χ1v) is 8.20. The second-order valence-corrected chi connectivity index (χ2v) is 6.67. The van der Waals surface area contributed by atoms with E-state index in [0.717, 1.165) is 17.7 Å². The number of nitrogens with zero attached hydrogens (tertiary/aromatic N) is 1. The molecule has 24 heavy (non-hydrogen) atoms. The van der Waals surface area contributed by atoms with Gasteiger partial charge in [0, 0.05) is 13.1 Å². The van der Waals surface area contributed by atoms with E-state index in [1.54, 1.807) is 12.1 Å². The Balaban J connectivity index is 1.98. The summed E-state index contributed by atoms with van der Waals surface area (Å²) >= 11 is 0. The molecule has 0 saturated heterocycles. The van der Waals surface area contributed by atoms with Crippen LogP contribution in [0.15, 0.2) is 42.5 Å². The molecule has 0 spiro atoms. The van der Waals surface area contributed by atoms with Crippen LogP contribution in [0.2, 0.25) is 0 Å². The Morgan fingerprint density at radius 2 is 1.71 bits per heavy atom. The van der Waals surface area contributed by atoms with Gasteiger partial charge in [-0.1, -0.05) is 44.2 Å². The first-order valence-electron chi connectivity index (χ1n) is 8.20. The molecule has 128 valence electrons. The van der Waals surface area contributed by atoms with E-state index in [1.807, 2.05) is 32.3 Å². The van der Waals surface area contributed by atoms with Crippen molar-refractivity contribution in [2.75, 3.05) is 14.1 Å². The minimum absolute atomic E-state index is 0.0278. The molecule has 2 rings (SSSR count). The highest BCUT2D eigenvalue weighted by Crippen LogP contribution is 2.23. The minimum atomic E-state index is -0.264. The molecule has 4 heteroatoms. The zero-order chi connectivity index (χ0) is 17.7. The summed E-state index contributed by atoms with van der Waals surface area (Å²) in [6.45, 7) is 5.43.